The van der Waals surface area contributed by atoms with Crippen LogP contribution in [0.5, 0.6) is 0 Å². The number of aromatic nitrogens is 3. The number of hydrogen-bond donors (Lipinski definition) is 1. The van der Waals surface area contributed by atoms with E-state index in [9.17, 15) is 4.39 Å². The summed E-state index contributed by atoms with van der Waals surface area (Å²) in [6.45, 7) is 1.80. The molecule has 0 saturated heterocycles. The van der Waals surface area contributed by atoms with Crippen molar-refractivity contribution in [3.63, 3.8) is 0 Å². The minimum absolute atomic E-state index is 0.239. The molecule has 5 nitrogen and oxygen atoms in total. The maximum absolute atomic E-state index is 13.2. The molecule has 2 aromatic heterocycles. The molecule has 0 radical (unpaired) electrons. The van der Waals surface area contributed by atoms with Crippen LogP contribution in [0.3, 0.4) is 0 Å². The van der Waals surface area contributed by atoms with Gasteiger partial charge >= 0.3 is 0 Å². The van der Waals surface area contributed by atoms with E-state index in [4.69, 9.17) is 10.1 Å². The molecular weight excluding hydrogens is 329 g/mol. The van der Waals surface area contributed by atoms with Gasteiger partial charge in [0.15, 0.2) is 5.65 Å². The number of nitrogens with one attached hydrogen (secondary N) is 1. The summed E-state index contributed by atoms with van der Waals surface area (Å²) in [5.41, 5.74) is 5.03. The van der Waals surface area contributed by atoms with Gasteiger partial charge in [-0.25, -0.2) is 9.37 Å². The SMILES string of the molecule is CN(C)CCNc1c2c(nc3cc(-c4ccc(F)cc4)nn13)CCCC2. The topological polar surface area (TPSA) is 45.5 Å². The standard InChI is InChI=1S/C20H24FN5/c1-25(2)12-11-22-20-16-5-3-4-6-17(16)23-19-13-18(24-26(19)20)14-7-9-15(21)10-8-14/h7-10,13,22H,3-6,11-12H2,1-2H3. The summed E-state index contributed by atoms with van der Waals surface area (Å²) in [5, 5.41) is 8.35. The summed E-state index contributed by atoms with van der Waals surface area (Å²) in [5.74, 6) is 0.817. The first-order valence-corrected chi connectivity index (χ1v) is 9.18. The minimum Gasteiger partial charge on any atom is -0.368 e. The first-order chi connectivity index (χ1) is 12.6. The third kappa shape index (κ3) is 3.29. The third-order valence-electron chi connectivity index (χ3n) is 4.87. The van der Waals surface area contributed by atoms with Gasteiger partial charge in [0.1, 0.15) is 11.6 Å². The third-order valence-corrected chi connectivity index (χ3v) is 4.87. The molecule has 1 aliphatic rings. The van der Waals surface area contributed by atoms with Gasteiger partial charge in [-0.15, -0.1) is 0 Å². The highest BCUT2D eigenvalue weighted by molar-refractivity contribution is 5.67. The van der Waals surface area contributed by atoms with E-state index in [-0.39, 0.29) is 5.82 Å². The van der Waals surface area contributed by atoms with Crippen LogP contribution < -0.4 is 5.32 Å². The van der Waals surface area contributed by atoms with E-state index in [1.54, 1.807) is 12.1 Å². The Morgan fingerprint density at radius 1 is 1.15 bits per heavy atom. The normalized spacial score (nSPS) is 14.0. The van der Waals surface area contributed by atoms with Crippen molar-refractivity contribution in [1.82, 2.24) is 19.5 Å². The van der Waals surface area contributed by atoms with E-state index in [1.807, 2.05) is 10.6 Å². The van der Waals surface area contributed by atoms with E-state index in [0.29, 0.717) is 0 Å². The summed E-state index contributed by atoms with van der Waals surface area (Å²) in [6.07, 6.45) is 4.43. The number of anilines is 1. The lowest BCUT2D eigenvalue weighted by molar-refractivity contribution is 0.425. The predicted octanol–water partition coefficient (Wildman–Crippen LogP) is 3.39. The van der Waals surface area contributed by atoms with E-state index in [1.165, 1.54) is 36.2 Å². The summed E-state index contributed by atoms with van der Waals surface area (Å²) in [4.78, 5) is 7.02. The zero-order valence-corrected chi connectivity index (χ0v) is 15.3. The van der Waals surface area contributed by atoms with Crippen LogP contribution in [-0.2, 0) is 12.8 Å². The highest BCUT2D eigenvalue weighted by Crippen LogP contribution is 2.29. The van der Waals surface area contributed by atoms with Crippen molar-refractivity contribution < 1.29 is 4.39 Å². The number of halogens is 1. The number of likely N-dealkylation sites (N-methyl/N-ethyl adjacent to an activating group) is 1. The number of aryl methyl sites for hydroxylation is 1. The monoisotopic (exact) mass is 353 g/mol. The molecule has 6 heteroatoms. The average Bonchev–Trinajstić information content (AvgIpc) is 3.05. The Hall–Kier alpha value is -2.47. The van der Waals surface area contributed by atoms with Crippen LogP contribution in [0, 0.1) is 5.82 Å². The zero-order valence-electron chi connectivity index (χ0n) is 15.3. The second-order valence-corrected chi connectivity index (χ2v) is 7.13. The van der Waals surface area contributed by atoms with E-state index < -0.39 is 0 Å². The number of nitrogens with zero attached hydrogens (tertiary/aromatic N) is 4. The molecule has 1 aliphatic carbocycles. The van der Waals surface area contributed by atoms with Crippen molar-refractivity contribution in [2.45, 2.75) is 25.7 Å². The van der Waals surface area contributed by atoms with E-state index in [2.05, 4.69) is 24.3 Å². The van der Waals surface area contributed by atoms with Crippen LogP contribution in [0.4, 0.5) is 10.2 Å². The summed E-state index contributed by atoms with van der Waals surface area (Å²) in [6, 6.07) is 8.44. The maximum atomic E-state index is 13.2. The fraction of sp³-hybridized carbons (Fsp3) is 0.400. The predicted molar refractivity (Wildman–Crippen MR) is 102 cm³/mol. The van der Waals surface area contributed by atoms with Crippen LogP contribution in [-0.4, -0.2) is 46.7 Å². The van der Waals surface area contributed by atoms with Crippen LogP contribution in [0.1, 0.15) is 24.1 Å². The maximum Gasteiger partial charge on any atom is 0.158 e. The van der Waals surface area contributed by atoms with E-state index in [0.717, 1.165) is 48.7 Å². The fourth-order valence-electron chi connectivity index (χ4n) is 3.49. The molecule has 0 spiro atoms. The Labute approximate surface area is 152 Å². The Kier molecular flexibility index (Phi) is 4.59. The van der Waals surface area contributed by atoms with Gasteiger partial charge < -0.3 is 10.2 Å². The molecule has 0 aliphatic heterocycles. The summed E-state index contributed by atoms with van der Waals surface area (Å²) < 4.78 is 15.1. The molecule has 0 bridgehead atoms. The number of hydrogen-bond acceptors (Lipinski definition) is 4. The van der Waals surface area contributed by atoms with Gasteiger partial charge in [-0.1, -0.05) is 0 Å². The number of rotatable bonds is 5. The fourth-order valence-corrected chi connectivity index (χ4v) is 3.49. The first-order valence-electron chi connectivity index (χ1n) is 9.18. The molecule has 4 rings (SSSR count). The lowest BCUT2D eigenvalue weighted by Gasteiger charge is -2.21. The molecule has 1 N–H and O–H groups in total. The molecule has 136 valence electrons. The van der Waals surface area contributed by atoms with Crippen molar-refractivity contribution >= 4 is 11.5 Å². The largest absolute Gasteiger partial charge is 0.368 e. The van der Waals surface area contributed by atoms with Crippen molar-refractivity contribution in [3.8, 4) is 11.3 Å². The quantitative estimate of drug-likeness (QED) is 0.764. The van der Waals surface area contributed by atoms with Crippen LogP contribution in [0.25, 0.3) is 16.9 Å². The molecule has 2 heterocycles. The number of fused-ring (bicyclic) bond motifs is 2. The second-order valence-electron chi connectivity index (χ2n) is 7.13. The highest BCUT2D eigenvalue weighted by Gasteiger charge is 2.20. The van der Waals surface area contributed by atoms with Crippen molar-refractivity contribution in [2.75, 3.05) is 32.5 Å². The lowest BCUT2D eigenvalue weighted by Crippen LogP contribution is -2.23. The van der Waals surface area contributed by atoms with Gasteiger partial charge in [0, 0.05) is 36.0 Å². The summed E-state index contributed by atoms with van der Waals surface area (Å²) in [7, 11) is 4.14. The van der Waals surface area contributed by atoms with Gasteiger partial charge in [0.05, 0.1) is 5.69 Å². The van der Waals surface area contributed by atoms with Gasteiger partial charge in [-0.2, -0.15) is 9.61 Å². The molecule has 0 fully saturated rings. The smallest absolute Gasteiger partial charge is 0.158 e. The average molecular weight is 353 g/mol. The highest BCUT2D eigenvalue weighted by atomic mass is 19.1. The van der Waals surface area contributed by atoms with E-state index >= 15 is 0 Å². The van der Waals surface area contributed by atoms with Crippen LogP contribution in [0.15, 0.2) is 30.3 Å². The Balaban J connectivity index is 1.78. The molecule has 1 aromatic carbocycles. The van der Waals surface area contributed by atoms with Crippen LogP contribution in [0.2, 0.25) is 0 Å². The van der Waals surface area contributed by atoms with Crippen LogP contribution >= 0.6 is 0 Å². The van der Waals surface area contributed by atoms with Gasteiger partial charge in [-0.05, 0) is 64.0 Å². The Bertz CT molecular complexity index is 914. The lowest BCUT2D eigenvalue weighted by atomic mass is 9.96. The second kappa shape index (κ2) is 7.03. The molecule has 0 saturated carbocycles. The molecule has 0 atom stereocenters. The van der Waals surface area contributed by atoms with Gasteiger partial charge in [0.25, 0.3) is 0 Å². The van der Waals surface area contributed by atoms with Crippen molar-refractivity contribution in [3.05, 3.63) is 47.4 Å². The van der Waals surface area contributed by atoms with Gasteiger partial charge in [-0.3, -0.25) is 0 Å². The Morgan fingerprint density at radius 3 is 2.69 bits per heavy atom. The zero-order chi connectivity index (χ0) is 18.1. The molecule has 26 heavy (non-hydrogen) atoms. The number of benzene rings is 1. The molecule has 0 amide bonds. The molecular formula is C20H24FN5. The van der Waals surface area contributed by atoms with Gasteiger partial charge in [0.2, 0.25) is 0 Å². The minimum atomic E-state index is -0.239. The van der Waals surface area contributed by atoms with Crippen molar-refractivity contribution in [2.24, 2.45) is 0 Å². The van der Waals surface area contributed by atoms with Crippen molar-refractivity contribution in [1.29, 1.82) is 0 Å². The molecule has 3 aromatic rings. The summed E-state index contributed by atoms with van der Waals surface area (Å²) >= 11 is 0. The molecule has 0 unspecified atom stereocenters. The first kappa shape index (κ1) is 17.0. The Morgan fingerprint density at radius 2 is 1.92 bits per heavy atom.